The van der Waals surface area contributed by atoms with Gasteiger partial charge in [-0.1, -0.05) is 12.1 Å². The first-order chi connectivity index (χ1) is 8.61. The number of rotatable bonds is 8. The van der Waals surface area contributed by atoms with Crippen LogP contribution in [0.4, 0.5) is 4.39 Å². The standard InChI is InChI=1S/C14H22FNO2/c1-3-18-10-14(17)9-16-11(2)8-12-4-6-13(15)7-5-12/h4-7,11,14,16-17H,3,8-10H2,1-2H3. The van der Waals surface area contributed by atoms with Crippen molar-refractivity contribution in [2.45, 2.75) is 32.4 Å². The maximum absolute atomic E-state index is 12.7. The topological polar surface area (TPSA) is 41.5 Å². The molecule has 0 aliphatic carbocycles. The fraction of sp³-hybridized carbons (Fsp3) is 0.571. The first-order valence-corrected chi connectivity index (χ1v) is 6.35. The van der Waals surface area contributed by atoms with E-state index in [1.165, 1.54) is 12.1 Å². The molecule has 0 aliphatic rings. The van der Waals surface area contributed by atoms with Crippen LogP contribution in [0.3, 0.4) is 0 Å². The molecule has 0 saturated carbocycles. The molecule has 2 N–H and O–H groups in total. The predicted molar refractivity (Wildman–Crippen MR) is 70.1 cm³/mol. The first kappa shape index (κ1) is 15.1. The van der Waals surface area contributed by atoms with Crippen LogP contribution in [-0.4, -0.2) is 37.0 Å². The third kappa shape index (κ3) is 6.10. The van der Waals surface area contributed by atoms with E-state index in [2.05, 4.69) is 5.32 Å². The second-order valence-electron chi connectivity index (χ2n) is 4.45. The van der Waals surface area contributed by atoms with Crippen LogP contribution in [0.2, 0.25) is 0 Å². The molecule has 2 atom stereocenters. The van der Waals surface area contributed by atoms with Gasteiger partial charge in [-0.15, -0.1) is 0 Å². The van der Waals surface area contributed by atoms with Gasteiger partial charge in [-0.05, 0) is 38.0 Å². The minimum atomic E-state index is -0.486. The third-order valence-corrected chi connectivity index (χ3v) is 2.67. The van der Waals surface area contributed by atoms with E-state index in [1.54, 1.807) is 12.1 Å². The number of hydrogen-bond acceptors (Lipinski definition) is 3. The first-order valence-electron chi connectivity index (χ1n) is 6.35. The van der Waals surface area contributed by atoms with Crippen LogP contribution in [-0.2, 0) is 11.2 Å². The number of ether oxygens (including phenoxy) is 1. The summed E-state index contributed by atoms with van der Waals surface area (Å²) in [5.74, 6) is -0.216. The summed E-state index contributed by atoms with van der Waals surface area (Å²) in [4.78, 5) is 0. The maximum Gasteiger partial charge on any atom is 0.123 e. The Morgan fingerprint density at radius 2 is 2.00 bits per heavy atom. The van der Waals surface area contributed by atoms with E-state index in [0.29, 0.717) is 19.8 Å². The summed E-state index contributed by atoms with van der Waals surface area (Å²) in [7, 11) is 0. The Kier molecular flexibility index (Phi) is 6.86. The molecular weight excluding hydrogens is 233 g/mol. The van der Waals surface area contributed by atoms with Crippen molar-refractivity contribution in [3.63, 3.8) is 0 Å². The second kappa shape index (κ2) is 8.19. The molecule has 1 aromatic carbocycles. The largest absolute Gasteiger partial charge is 0.389 e. The van der Waals surface area contributed by atoms with Crippen molar-refractivity contribution in [3.8, 4) is 0 Å². The molecule has 0 bridgehead atoms. The van der Waals surface area contributed by atoms with Crippen LogP contribution in [0.5, 0.6) is 0 Å². The van der Waals surface area contributed by atoms with Crippen LogP contribution in [0.25, 0.3) is 0 Å². The zero-order valence-corrected chi connectivity index (χ0v) is 11.0. The van der Waals surface area contributed by atoms with Crippen LogP contribution in [0.15, 0.2) is 24.3 Å². The van der Waals surface area contributed by atoms with E-state index in [-0.39, 0.29) is 11.9 Å². The van der Waals surface area contributed by atoms with Crippen LogP contribution >= 0.6 is 0 Å². The van der Waals surface area contributed by atoms with Crippen molar-refractivity contribution in [1.29, 1.82) is 0 Å². The molecule has 0 fully saturated rings. The zero-order valence-electron chi connectivity index (χ0n) is 11.0. The number of benzene rings is 1. The fourth-order valence-corrected chi connectivity index (χ4v) is 1.70. The van der Waals surface area contributed by atoms with E-state index in [9.17, 15) is 9.50 Å². The molecule has 18 heavy (non-hydrogen) atoms. The van der Waals surface area contributed by atoms with Crippen molar-refractivity contribution >= 4 is 0 Å². The lowest BCUT2D eigenvalue weighted by molar-refractivity contribution is 0.0417. The van der Waals surface area contributed by atoms with Gasteiger partial charge < -0.3 is 15.2 Å². The molecule has 1 rings (SSSR count). The molecule has 0 amide bonds. The summed E-state index contributed by atoms with van der Waals surface area (Å²) in [5, 5.41) is 12.8. The molecule has 102 valence electrons. The van der Waals surface area contributed by atoms with Gasteiger partial charge in [0, 0.05) is 19.2 Å². The van der Waals surface area contributed by atoms with Gasteiger partial charge in [-0.25, -0.2) is 4.39 Å². The molecule has 4 heteroatoms. The van der Waals surface area contributed by atoms with Gasteiger partial charge in [0.25, 0.3) is 0 Å². The zero-order chi connectivity index (χ0) is 13.4. The lowest BCUT2D eigenvalue weighted by atomic mass is 10.1. The Labute approximate surface area is 108 Å². The number of aliphatic hydroxyl groups excluding tert-OH is 1. The van der Waals surface area contributed by atoms with Gasteiger partial charge in [0.2, 0.25) is 0 Å². The van der Waals surface area contributed by atoms with Crippen molar-refractivity contribution in [3.05, 3.63) is 35.6 Å². The number of halogens is 1. The van der Waals surface area contributed by atoms with Gasteiger partial charge in [0.05, 0.1) is 12.7 Å². The number of hydrogen-bond donors (Lipinski definition) is 2. The van der Waals surface area contributed by atoms with Crippen LogP contribution in [0, 0.1) is 5.82 Å². The van der Waals surface area contributed by atoms with Gasteiger partial charge in [0.1, 0.15) is 5.82 Å². The Morgan fingerprint density at radius 3 is 2.61 bits per heavy atom. The smallest absolute Gasteiger partial charge is 0.123 e. The molecule has 0 spiro atoms. The van der Waals surface area contributed by atoms with E-state index >= 15 is 0 Å². The van der Waals surface area contributed by atoms with E-state index in [1.807, 2.05) is 13.8 Å². The Balaban J connectivity index is 2.24. The van der Waals surface area contributed by atoms with Gasteiger partial charge in [-0.2, -0.15) is 0 Å². The molecule has 0 saturated heterocycles. The third-order valence-electron chi connectivity index (χ3n) is 2.67. The molecule has 0 aromatic heterocycles. The molecule has 0 radical (unpaired) electrons. The highest BCUT2D eigenvalue weighted by Crippen LogP contribution is 2.05. The van der Waals surface area contributed by atoms with E-state index in [0.717, 1.165) is 12.0 Å². The monoisotopic (exact) mass is 255 g/mol. The minimum absolute atomic E-state index is 0.216. The van der Waals surface area contributed by atoms with Crippen molar-refractivity contribution in [2.24, 2.45) is 0 Å². The fourth-order valence-electron chi connectivity index (χ4n) is 1.70. The SMILES string of the molecule is CCOCC(O)CNC(C)Cc1ccc(F)cc1. The molecule has 1 aromatic rings. The van der Waals surface area contributed by atoms with Gasteiger partial charge >= 0.3 is 0 Å². The highest BCUT2D eigenvalue weighted by Gasteiger charge is 2.07. The summed E-state index contributed by atoms with van der Waals surface area (Å²) in [6.07, 6.45) is 0.322. The summed E-state index contributed by atoms with van der Waals surface area (Å²) < 4.78 is 17.9. The van der Waals surface area contributed by atoms with Crippen LogP contribution < -0.4 is 5.32 Å². The highest BCUT2D eigenvalue weighted by atomic mass is 19.1. The van der Waals surface area contributed by atoms with Gasteiger partial charge in [0.15, 0.2) is 0 Å². The highest BCUT2D eigenvalue weighted by molar-refractivity contribution is 5.16. The summed E-state index contributed by atoms with van der Waals surface area (Å²) in [6.45, 7) is 5.41. The Bertz CT molecular complexity index is 329. The number of aliphatic hydroxyl groups is 1. The van der Waals surface area contributed by atoms with E-state index < -0.39 is 6.10 Å². The van der Waals surface area contributed by atoms with Gasteiger partial charge in [-0.3, -0.25) is 0 Å². The second-order valence-corrected chi connectivity index (χ2v) is 4.45. The maximum atomic E-state index is 12.7. The summed E-state index contributed by atoms with van der Waals surface area (Å²) in [5.41, 5.74) is 1.08. The van der Waals surface area contributed by atoms with E-state index in [4.69, 9.17) is 4.74 Å². The normalized spacial score (nSPS) is 14.4. The van der Waals surface area contributed by atoms with Crippen molar-refractivity contribution < 1.29 is 14.2 Å². The average Bonchev–Trinajstić information content (AvgIpc) is 2.36. The summed E-state index contributed by atoms with van der Waals surface area (Å²) >= 11 is 0. The average molecular weight is 255 g/mol. The van der Waals surface area contributed by atoms with Crippen LogP contribution in [0.1, 0.15) is 19.4 Å². The molecule has 0 heterocycles. The molecule has 3 nitrogen and oxygen atoms in total. The predicted octanol–water partition coefficient (Wildman–Crippen LogP) is 1.74. The number of nitrogens with one attached hydrogen (secondary N) is 1. The molecular formula is C14H22FNO2. The quantitative estimate of drug-likeness (QED) is 0.743. The molecule has 2 unspecified atom stereocenters. The molecule has 0 aliphatic heterocycles. The Morgan fingerprint density at radius 1 is 1.33 bits per heavy atom. The lowest BCUT2D eigenvalue weighted by Crippen LogP contribution is -2.37. The summed E-state index contributed by atoms with van der Waals surface area (Å²) in [6, 6.07) is 6.72. The minimum Gasteiger partial charge on any atom is -0.389 e. The van der Waals surface area contributed by atoms with Crippen molar-refractivity contribution in [1.82, 2.24) is 5.32 Å². The Hall–Kier alpha value is -0.970. The lowest BCUT2D eigenvalue weighted by Gasteiger charge is -2.17. The van der Waals surface area contributed by atoms with Crippen molar-refractivity contribution in [2.75, 3.05) is 19.8 Å².